The number of rotatable bonds is 2. The molecule has 11 heteroatoms. The number of hydrazine groups is 1. The lowest BCUT2D eigenvalue weighted by atomic mass is 10.0. The van der Waals surface area contributed by atoms with Gasteiger partial charge in [-0.1, -0.05) is 5.22 Å². The molecule has 1 unspecified atom stereocenters. The smallest absolute Gasteiger partial charge is 0.291 e. The quantitative estimate of drug-likeness (QED) is 0.821. The molecule has 0 saturated carbocycles. The Bertz CT molecular complexity index is 563. The van der Waals surface area contributed by atoms with E-state index >= 15 is 0 Å². The van der Waals surface area contributed by atoms with Crippen molar-refractivity contribution >= 4 is 0 Å². The van der Waals surface area contributed by atoms with Crippen molar-refractivity contribution < 1.29 is 26.3 Å². The van der Waals surface area contributed by atoms with Gasteiger partial charge in [-0.25, -0.2) is 5.12 Å². The molecule has 22 heavy (non-hydrogen) atoms. The number of nitrogens with one attached hydrogen (secondary N) is 1. The van der Waals surface area contributed by atoms with E-state index in [2.05, 4.69) is 15.8 Å². The van der Waals surface area contributed by atoms with Gasteiger partial charge in [0.15, 0.2) is 0 Å². The van der Waals surface area contributed by atoms with Gasteiger partial charge in [-0.15, -0.1) is 5.11 Å². The molecule has 1 atom stereocenters. The summed E-state index contributed by atoms with van der Waals surface area (Å²) < 4.78 is 76.5. The molecule has 0 amide bonds. The van der Waals surface area contributed by atoms with E-state index in [1.807, 2.05) is 0 Å². The van der Waals surface area contributed by atoms with Crippen LogP contribution in [-0.2, 0) is 18.8 Å². The van der Waals surface area contributed by atoms with Crippen LogP contribution in [-0.4, -0.2) is 18.0 Å². The fourth-order valence-corrected chi connectivity index (χ4v) is 1.98. The lowest BCUT2D eigenvalue weighted by Gasteiger charge is -2.22. The Morgan fingerprint density at radius 3 is 1.95 bits per heavy atom. The maximum atomic E-state index is 12.7. The lowest BCUT2D eigenvalue weighted by molar-refractivity contribution is -0.143. The number of alkyl halides is 6. The van der Waals surface area contributed by atoms with Crippen LogP contribution in [0.25, 0.3) is 0 Å². The topological polar surface area (TPSA) is 66.0 Å². The first-order chi connectivity index (χ1) is 9.89. The van der Waals surface area contributed by atoms with Crippen molar-refractivity contribution in [2.45, 2.75) is 24.6 Å². The first-order valence-electron chi connectivity index (χ1n) is 5.91. The first kappa shape index (κ1) is 16.5. The van der Waals surface area contributed by atoms with E-state index < -0.39 is 35.7 Å². The van der Waals surface area contributed by atoms with Crippen molar-refractivity contribution in [2.24, 2.45) is 16.1 Å². The van der Waals surface area contributed by atoms with Crippen LogP contribution in [0.5, 0.6) is 0 Å². The fourth-order valence-electron chi connectivity index (χ4n) is 1.98. The van der Waals surface area contributed by atoms with E-state index in [1.165, 1.54) is 7.05 Å². The molecule has 1 heterocycles. The third kappa shape index (κ3) is 3.65. The highest BCUT2D eigenvalue weighted by atomic mass is 19.4. The monoisotopic (exact) mass is 327 g/mol. The van der Waals surface area contributed by atoms with Gasteiger partial charge in [-0.2, -0.15) is 31.8 Å². The van der Waals surface area contributed by atoms with Crippen molar-refractivity contribution in [1.82, 2.24) is 10.5 Å². The third-order valence-corrected chi connectivity index (χ3v) is 2.83. The van der Waals surface area contributed by atoms with Gasteiger partial charge in [0.2, 0.25) is 5.79 Å². The molecule has 122 valence electrons. The second-order valence-electron chi connectivity index (χ2n) is 4.84. The molecule has 0 radical (unpaired) electrons. The van der Waals surface area contributed by atoms with Crippen LogP contribution in [0.3, 0.4) is 0 Å². The Hall–Kier alpha value is -1.88. The van der Waals surface area contributed by atoms with Crippen LogP contribution in [0.15, 0.2) is 28.5 Å². The number of nitrogens with two attached hydrogens (primary N) is 1. The Morgan fingerprint density at radius 1 is 1.09 bits per heavy atom. The molecule has 0 spiro atoms. The van der Waals surface area contributed by atoms with Gasteiger partial charge in [0.05, 0.1) is 11.1 Å². The summed E-state index contributed by atoms with van der Waals surface area (Å²) in [5.74, 6) is -1.60. The molecule has 1 aromatic carbocycles. The van der Waals surface area contributed by atoms with Crippen LogP contribution in [0.2, 0.25) is 0 Å². The van der Waals surface area contributed by atoms with Gasteiger partial charge in [-0.3, -0.25) is 5.73 Å². The molecule has 1 aliphatic heterocycles. The molecule has 5 nitrogen and oxygen atoms in total. The average Bonchev–Trinajstić information content (AvgIpc) is 2.66. The van der Waals surface area contributed by atoms with E-state index in [-0.39, 0.29) is 11.6 Å². The molecular weight excluding hydrogens is 316 g/mol. The van der Waals surface area contributed by atoms with Crippen molar-refractivity contribution in [3.05, 3.63) is 34.9 Å². The average molecular weight is 327 g/mol. The van der Waals surface area contributed by atoms with E-state index in [1.54, 1.807) is 0 Å². The maximum absolute atomic E-state index is 12.7. The van der Waals surface area contributed by atoms with Crippen molar-refractivity contribution in [2.75, 3.05) is 7.05 Å². The summed E-state index contributed by atoms with van der Waals surface area (Å²) in [4.78, 5) is 0. The van der Waals surface area contributed by atoms with Gasteiger partial charge in [0.1, 0.15) is 0 Å². The van der Waals surface area contributed by atoms with Gasteiger partial charge in [0, 0.05) is 13.5 Å². The highest BCUT2D eigenvalue weighted by Crippen LogP contribution is 2.36. The number of nitrogens with zero attached hydrogens (tertiary/aromatic N) is 3. The molecule has 0 aromatic heterocycles. The fraction of sp³-hybridized carbons (Fsp3) is 0.455. The normalized spacial score (nSPS) is 22.5. The Kier molecular flexibility index (Phi) is 3.81. The van der Waals surface area contributed by atoms with Crippen LogP contribution in [0.4, 0.5) is 26.3 Å². The minimum Gasteiger partial charge on any atom is -0.291 e. The van der Waals surface area contributed by atoms with E-state index in [0.717, 1.165) is 5.12 Å². The molecule has 2 rings (SSSR count). The van der Waals surface area contributed by atoms with E-state index in [4.69, 9.17) is 5.73 Å². The zero-order valence-electron chi connectivity index (χ0n) is 11.1. The highest BCUT2D eigenvalue weighted by Gasteiger charge is 2.38. The molecule has 0 bridgehead atoms. The summed E-state index contributed by atoms with van der Waals surface area (Å²) in [6.07, 6.45) is -10.2. The standard InChI is InChI=1S/C11H11F6N5/c1-22-20-9(18,19-21-22)5-6-2-7(10(12,13)14)4-8(3-6)11(15,16)17/h2-4,20H,5,18H2,1H3. The molecule has 0 saturated heterocycles. The van der Waals surface area contributed by atoms with E-state index in [9.17, 15) is 26.3 Å². The molecule has 3 N–H and O–H groups in total. The zero-order chi connectivity index (χ0) is 16.8. The molecule has 1 aromatic rings. The largest absolute Gasteiger partial charge is 0.416 e. The second kappa shape index (κ2) is 5.09. The maximum Gasteiger partial charge on any atom is 0.416 e. The van der Waals surface area contributed by atoms with Gasteiger partial charge >= 0.3 is 12.4 Å². The van der Waals surface area contributed by atoms with E-state index in [0.29, 0.717) is 12.1 Å². The SMILES string of the molecule is CN1N=NC(N)(Cc2cc(C(F)(F)F)cc(C(F)(F)F)c2)N1. The minimum atomic E-state index is -4.90. The zero-order valence-corrected chi connectivity index (χ0v) is 11.1. The van der Waals surface area contributed by atoms with Gasteiger partial charge in [0.25, 0.3) is 0 Å². The summed E-state index contributed by atoms with van der Waals surface area (Å²) in [5.41, 5.74) is 5.18. The second-order valence-corrected chi connectivity index (χ2v) is 4.84. The Morgan fingerprint density at radius 2 is 1.59 bits per heavy atom. The van der Waals surface area contributed by atoms with Crippen LogP contribution < -0.4 is 11.2 Å². The van der Waals surface area contributed by atoms with Crippen molar-refractivity contribution in [1.29, 1.82) is 0 Å². The molecular formula is C11H11F6N5. The highest BCUT2D eigenvalue weighted by molar-refractivity contribution is 5.34. The Balaban J connectivity index is 2.41. The molecule has 0 fully saturated rings. The minimum absolute atomic E-state index is 0.0579. The van der Waals surface area contributed by atoms with Gasteiger partial charge < -0.3 is 0 Å². The summed E-state index contributed by atoms with van der Waals surface area (Å²) in [7, 11) is 1.44. The van der Waals surface area contributed by atoms with Crippen LogP contribution in [0.1, 0.15) is 16.7 Å². The predicted octanol–water partition coefficient (Wildman–Crippen LogP) is 2.70. The Labute approximate surface area is 120 Å². The third-order valence-electron chi connectivity index (χ3n) is 2.83. The summed E-state index contributed by atoms with van der Waals surface area (Å²) in [6, 6.07) is 1.28. The lowest BCUT2D eigenvalue weighted by Crippen LogP contribution is -2.54. The predicted molar refractivity (Wildman–Crippen MR) is 62.8 cm³/mol. The number of halogens is 6. The number of hydrogen-bond acceptors (Lipinski definition) is 5. The van der Waals surface area contributed by atoms with Crippen molar-refractivity contribution in [3.63, 3.8) is 0 Å². The van der Waals surface area contributed by atoms with Crippen LogP contribution >= 0.6 is 0 Å². The first-order valence-corrected chi connectivity index (χ1v) is 5.91. The number of benzene rings is 1. The van der Waals surface area contributed by atoms with Crippen molar-refractivity contribution in [3.8, 4) is 0 Å². The van der Waals surface area contributed by atoms with Crippen LogP contribution in [0, 0.1) is 0 Å². The molecule has 0 aliphatic carbocycles. The summed E-state index contributed by atoms with van der Waals surface area (Å²) in [6.45, 7) is 0. The number of hydrogen-bond donors (Lipinski definition) is 2. The summed E-state index contributed by atoms with van der Waals surface area (Å²) in [5, 5.41) is 8.20. The van der Waals surface area contributed by atoms with Gasteiger partial charge in [-0.05, 0) is 23.8 Å². The summed E-state index contributed by atoms with van der Waals surface area (Å²) >= 11 is 0. The molecule has 1 aliphatic rings.